The molecule has 0 aromatic carbocycles. The average molecular weight is 380 g/mol. The van der Waals surface area contributed by atoms with Crippen LogP contribution in [0, 0.1) is 5.41 Å². The monoisotopic (exact) mass is 379 g/mol. The molecular formula is C14H17BrF3N3O. The van der Waals surface area contributed by atoms with Gasteiger partial charge in [0, 0.05) is 23.6 Å². The van der Waals surface area contributed by atoms with Crippen molar-refractivity contribution in [3.05, 3.63) is 22.6 Å². The van der Waals surface area contributed by atoms with Gasteiger partial charge in [-0.1, -0.05) is 20.8 Å². The molecule has 0 amide bonds. The maximum atomic E-state index is 12.2. The number of halogens is 4. The van der Waals surface area contributed by atoms with Gasteiger partial charge in [0.15, 0.2) is 5.65 Å². The molecule has 0 aliphatic rings. The van der Waals surface area contributed by atoms with E-state index in [-0.39, 0.29) is 12.0 Å². The van der Waals surface area contributed by atoms with Crippen LogP contribution in [0.25, 0.3) is 11.2 Å². The van der Waals surface area contributed by atoms with Gasteiger partial charge < -0.3 is 4.57 Å². The molecule has 0 radical (unpaired) electrons. The Balaban J connectivity index is 2.33. The maximum Gasteiger partial charge on any atom is 0.522 e. The highest BCUT2D eigenvalue weighted by Gasteiger charge is 2.29. The third kappa shape index (κ3) is 4.67. The van der Waals surface area contributed by atoms with Crippen molar-refractivity contribution in [2.75, 3.05) is 6.61 Å². The second-order valence-electron chi connectivity index (χ2n) is 6.21. The topological polar surface area (TPSA) is 39.9 Å². The Hall–Kier alpha value is -1.15. The standard InChI is InChI=1S/C14H17BrF3N3O/c1-13(2,3)7-11-20-10-6-9(15)8-19-12(10)21(11)4-5-22-14(16,17)18/h6,8H,4-5,7H2,1-3H3. The molecule has 4 nitrogen and oxygen atoms in total. The van der Waals surface area contributed by atoms with Crippen LogP contribution >= 0.6 is 15.9 Å². The summed E-state index contributed by atoms with van der Waals surface area (Å²) >= 11 is 3.32. The third-order valence-electron chi connectivity index (χ3n) is 2.90. The minimum absolute atomic E-state index is 0.0404. The molecule has 0 unspecified atom stereocenters. The Morgan fingerprint density at radius 2 is 1.95 bits per heavy atom. The van der Waals surface area contributed by atoms with Gasteiger partial charge >= 0.3 is 6.36 Å². The van der Waals surface area contributed by atoms with Crippen molar-refractivity contribution in [1.29, 1.82) is 0 Å². The number of hydrogen-bond donors (Lipinski definition) is 0. The summed E-state index contributed by atoms with van der Waals surface area (Å²) in [5, 5.41) is 0. The Labute approximate surface area is 134 Å². The van der Waals surface area contributed by atoms with Gasteiger partial charge in [-0.25, -0.2) is 9.97 Å². The number of imidazole rings is 1. The first kappa shape index (κ1) is 17.2. The number of hydrogen-bond acceptors (Lipinski definition) is 3. The summed E-state index contributed by atoms with van der Waals surface area (Å²) in [5.41, 5.74) is 1.18. The molecule has 0 saturated carbocycles. The second-order valence-corrected chi connectivity index (χ2v) is 7.12. The van der Waals surface area contributed by atoms with Gasteiger partial charge in [-0.2, -0.15) is 0 Å². The predicted octanol–water partition coefficient (Wildman–Crippen LogP) is 4.32. The van der Waals surface area contributed by atoms with E-state index in [2.05, 4.69) is 30.6 Å². The highest BCUT2D eigenvalue weighted by molar-refractivity contribution is 9.10. The van der Waals surface area contributed by atoms with Gasteiger partial charge in [0.1, 0.15) is 11.3 Å². The summed E-state index contributed by atoms with van der Waals surface area (Å²) in [4.78, 5) is 8.77. The van der Waals surface area contributed by atoms with Crippen LogP contribution in [0.15, 0.2) is 16.7 Å². The lowest BCUT2D eigenvalue weighted by molar-refractivity contribution is -0.325. The molecule has 0 fully saturated rings. The molecule has 0 saturated heterocycles. The fourth-order valence-corrected chi connectivity index (χ4v) is 2.45. The lowest BCUT2D eigenvalue weighted by Crippen LogP contribution is -2.20. The molecular weight excluding hydrogens is 363 g/mol. The quantitative estimate of drug-likeness (QED) is 0.793. The van der Waals surface area contributed by atoms with Crippen LogP contribution in [0.1, 0.15) is 26.6 Å². The smallest absolute Gasteiger partial charge is 0.310 e. The SMILES string of the molecule is CC(C)(C)Cc1nc2cc(Br)cnc2n1CCOC(F)(F)F. The highest BCUT2D eigenvalue weighted by Crippen LogP contribution is 2.25. The molecule has 2 aromatic heterocycles. The molecule has 0 aliphatic carbocycles. The third-order valence-corrected chi connectivity index (χ3v) is 3.33. The van der Waals surface area contributed by atoms with Crippen LogP contribution in [-0.2, 0) is 17.7 Å². The van der Waals surface area contributed by atoms with Crippen LogP contribution < -0.4 is 0 Å². The summed E-state index contributed by atoms with van der Waals surface area (Å²) in [6.45, 7) is 5.73. The second kappa shape index (κ2) is 6.16. The molecule has 2 heterocycles. The fraction of sp³-hybridized carbons (Fsp3) is 0.571. The number of fused-ring (bicyclic) bond motifs is 1. The molecule has 22 heavy (non-hydrogen) atoms. The van der Waals surface area contributed by atoms with Crippen LogP contribution in [-0.4, -0.2) is 27.5 Å². The molecule has 122 valence electrons. The van der Waals surface area contributed by atoms with Crippen LogP contribution in [0.2, 0.25) is 0 Å². The van der Waals surface area contributed by atoms with E-state index in [1.165, 1.54) is 0 Å². The lowest BCUT2D eigenvalue weighted by Gasteiger charge is -2.18. The van der Waals surface area contributed by atoms with Gasteiger partial charge in [0.2, 0.25) is 0 Å². The minimum Gasteiger partial charge on any atom is -0.310 e. The van der Waals surface area contributed by atoms with Gasteiger partial charge in [-0.3, -0.25) is 4.74 Å². The van der Waals surface area contributed by atoms with E-state index in [9.17, 15) is 13.2 Å². The molecule has 2 rings (SSSR count). The summed E-state index contributed by atoms with van der Waals surface area (Å²) in [6, 6.07) is 1.80. The van der Waals surface area contributed by atoms with Crippen LogP contribution in [0.3, 0.4) is 0 Å². The zero-order chi connectivity index (χ0) is 16.5. The molecule has 0 N–H and O–H groups in total. The molecule has 8 heteroatoms. The largest absolute Gasteiger partial charge is 0.522 e. The van der Waals surface area contributed by atoms with E-state index in [1.54, 1.807) is 16.8 Å². The highest BCUT2D eigenvalue weighted by atomic mass is 79.9. The summed E-state index contributed by atoms with van der Waals surface area (Å²) < 4.78 is 42.8. The molecule has 0 bridgehead atoms. The predicted molar refractivity (Wildman–Crippen MR) is 80.4 cm³/mol. The van der Waals surface area contributed by atoms with Crippen molar-refractivity contribution in [3.63, 3.8) is 0 Å². The lowest BCUT2D eigenvalue weighted by atomic mass is 9.92. The number of pyridine rings is 1. The van der Waals surface area contributed by atoms with E-state index in [0.717, 1.165) is 4.47 Å². The first-order chi connectivity index (χ1) is 10.1. The summed E-state index contributed by atoms with van der Waals surface area (Å²) in [6.07, 6.45) is -2.39. The first-order valence-electron chi connectivity index (χ1n) is 6.76. The van der Waals surface area contributed by atoms with Crippen LogP contribution in [0.5, 0.6) is 0 Å². The Kier molecular flexibility index (Phi) is 4.81. The number of rotatable bonds is 4. The molecule has 0 atom stereocenters. The summed E-state index contributed by atoms with van der Waals surface area (Å²) in [7, 11) is 0. The molecule has 2 aromatic rings. The van der Waals surface area contributed by atoms with E-state index >= 15 is 0 Å². The van der Waals surface area contributed by atoms with E-state index in [1.807, 2.05) is 20.8 Å². The van der Waals surface area contributed by atoms with Gasteiger partial charge in [0.25, 0.3) is 0 Å². The fourth-order valence-electron chi connectivity index (χ4n) is 2.13. The van der Waals surface area contributed by atoms with E-state index in [4.69, 9.17) is 0 Å². The Bertz CT molecular complexity index is 662. The minimum atomic E-state index is -4.63. The van der Waals surface area contributed by atoms with Gasteiger partial charge in [-0.05, 0) is 27.4 Å². The Morgan fingerprint density at radius 3 is 2.55 bits per heavy atom. The summed E-state index contributed by atoms with van der Waals surface area (Å²) in [5.74, 6) is 0.707. The average Bonchev–Trinajstić information content (AvgIpc) is 2.62. The van der Waals surface area contributed by atoms with E-state index in [0.29, 0.717) is 23.4 Å². The number of ether oxygens (including phenoxy) is 1. The zero-order valence-corrected chi connectivity index (χ0v) is 14.1. The number of nitrogens with zero attached hydrogens (tertiary/aromatic N) is 3. The maximum absolute atomic E-state index is 12.2. The Morgan fingerprint density at radius 1 is 1.27 bits per heavy atom. The molecule has 0 spiro atoms. The first-order valence-corrected chi connectivity index (χ1v) is 7.56. The van der Waals surface area contributed by atoms with Crippen molar-refractivity contribution in [1.82, 2.24) is 14.5 Å². The van der Waals surface area contributed by atoms with Crippen molar-refractivity contribution in [2.24, 2.45) is 5.41 Å². The van der Waals surface area contributed by atoms with Crippen molar-refractivity contribution in [3.8, 4) is 0 Å². The van der Waals surface area contributed by atoms with Gasteiger partial charge in [0.05, 0.1) is 6.61 Å². The normalized spacial score (nSPS) is 13.0. The number of alkyl halides is 3. The van der Waals surface area contributed by atoms with Gasteiger partial charge in [-0.15, -0.1) is 13.2 Å². The van der Waals surface area contributed by atoms with Crippen molar-refractivity contribution in [2.45, 2.75) is 40.1 Å². The number of aromatic nitrogens is 3. The van der Waals surface area contributed by atoms with Crippen LogP contribution in [0.4, 0.5) is 13.2 Å². The van der Waals surface area contributed by atoms with Crippen molar-refractivity contribution >= 4 is 27.1 Å². The van der Waals surface area contributed by atoms with Crippen molar-refractivity contribution < 1.29 is 17.9 Å². The zero-order valence-electron chi connectivity index (χ0n) is 12.5. The molecule has 0 aliphatic heterocycles. The van der Waals surface area contributed by atoms with E-state index < -0.39 is 13.0 Å².